The number of carbonyl (C=O) groups excluding carboxylic acids is 3. The lowest BCUT2D eigenvalue weighted by Gasteiger charge is -2.26. The predicted molar refractivity (Wildman–Crippen MR) is 133 cm³/mol. The van der Waals surface area contributed by atoms with Crippen molar-refractivity contribution >= 4 is 52.1 Å². The van der Waals surface area contributed by atoms with Crippen molar-refractivity contribution in [3.8, 4) is 0 Å². The lowest BCUT2D eigenvalue weighted by molar-refractivity contribution is -0.122. The molecule has 8 heteroatoms. The Bertz CT molecular complexity index is 1540. The number of halogens is 2. The number of carbonyl (C=O) groups is 3. The first kappa shape index (κ1) is 22.6. The lowest BCUT2D eigenvalue weighted by Crippen LogP contribution is -2.54. The first-order valence-corrected chi connectivity index (χ1v) is 11.2. The van der Waals surface area contributed by atoms with Gasteiger partial charge in [-0.3, -0.25) is 14.9 Å². The molecular formula is C27H19ClFN3O3. The summed E-state index contributed by atoms with van der Waals surface area (Å²) >= 11 is 6.19. The molecule has 5 rings (SSSR count). The molecule has 1 aliphatic heterocycles. The Morgan fingerprint density at radius 1 is 1.00 bits per heavy atom. The first-order valence-electron chi connectivity index (χ1n) is 10.8. The second-order valence-corrected chi connectivity index (χ2v) is 8.65. The summed E-state index contributed by atoms with van der Waals surface area (Å²) < 4.78 is 15.3. The number of anilines is 1. The van der Waals surface area contributed by atoms with E-state index in [1.54, 1.807) is 31.2 Å². The SMILES string of the molecule is Cc1ccc(N2C(=O)NC(=O)C(=Cc3cn(Cc4ccc(F)cc4)c4ccccc34)C2=O)cc1Cl. The molecule has 3 aromatic carbocycles. The van der Waals surface area contributed by atoms with Gasteiger partial charge in [0.15, 0.2) is 0 Å². The highest BCUT2D eigenvalue weighted by molar-refractivity contribution is 6.39. The number of imide groups is 2. The molecule has 0 radical (unpaired) electrons. The van der Waals surface area contributed by atoms with Crippen LogP contribution in [0.2, 0.25) is 5.02 Å². The van der Waals surface area contributed by atoms with Crippen molar-refractivity contribution in [3.63, 3.8) is 0 Å². The van der Waals surface area contributed by atoms with Crippen molar-refractivity contribution in [2.24, 2.45) is 0 Å². The predicted octanol–water partition coefficient (Wildman–Crippen LogP) is 5.46. The van der Waals surface area contributed by atoms with E-state index in [4.69, 9.17) is 11.6 Å². The van der Waals surface area contributed by atoms with Crippen LogP contribution in [0.5, 0.6) is 0 Å². The Morgan fingerprint density at radius 3 is 2.49 bits per heavy atom. The molecule has 0 unspecified atom stereocenters. The van der Waals surface area contributed by atoms with Crippen LogP contribution < -0.4 is 10.2 Å². The third-order valence-electron chi connectivity index (χ3n) is 5.90. The molecule has 1 aromatic heterocycles. The van der Waals surface area contributed by atoms with Gasteiger partial charge in [-0.1, -0.05) is 48.0 Å². The zero-order valence-corrected chi connectivity index (χ0v) is 19.3. The fraction of sp³-hybridized carbons (Fsp3) is 0.0741. The number of fused-ring (bicyclic) bond motifs is 1. The summed E-state index contributed by atoms with van der Waals surface area (Å²) in [5.41, 5.74) is 3.29. The molecule has 6 nitrogen and oxygen atoms in total. The molecule has 1 aliphatic rings. The number of aryl methyl sites for hydroxylation is 1. The van der Waals surface area contributed by atoms with E-state index in [1.165, 1.54) is 24.3 Å². The lowest BCUT2D eigenvalue weighted by atomic mass is 10.1. The minimum absolute atomic E-state index is 0.175. The molecule has 4 aromatic rings. The Kier molecular flexibility index (Phi) is 5.70. The Labute approximate surface area is 205 Å². The molecule has 174 valence electrons. The van der Waals surface area contributed by atoms with Crippen LogP contribution in [0.3, 0.4) is 0 Å². The van der Waals surface area contributed by atoms with Gasteiger partial charge in [-0.2, -0.15) is 0 Å². The molecule has 1 saturated heterocycles. The van der Waals surface area contributed by atoms with Gasteiger partial charge >= 0.3 is 6.03 Å². The molecule has 2 heterocycles. The average molecular weight is 488 g/mol. The number of hydrogen-bond donors (Lipinski definition) is 1. The zero-order chi connectivity index (χ0) is 24.7. The Hall–Kier alpha value is -4.23. The highest BCUT2D eigenvalue weighted by atomic mass is 35.5. The highest BCUT2D eigenvalue weighted by Crippen LogP contribution is 2.29. The van der Waals surface area contributed by atoms with Crippen LogP contribution in [0.1, 0.15) is 16.7 Å². The van der Waals surface area contributed by atoms with Gasteiger partial charge in [0, 0.05) is 34.2 Å². The van der Waals surface area contributed by atoms with Gasteiger partial charge in [0.1, 0.15) is 11.4 Å². The number of para-hydroxylation sites is 1. The summed E-state index contributed by atoms with van der Waals surface area (Å²) in [6.07, 6.45) is 3.31. The monoisotopic (exact) mass is 487 g/mol. The number of urea groups is 1. The molecular weight excluding hydrogens is 469 g/mol. The normalized spacial score (nSPS) is 15.2. The smallest absolute Gasteiger partial charge is 0.335 e. The summed E-state index contributed by atoms with van der Waals surface area (Å²) in [6.45, 7) is 2.28. The maximum absolute atomic E-state index is 13.3. The van der Waals surface area contributed by atoms with Crippen LogP contribution in [0, 0.1) is 12.7 Å². The van der Waals surface area contributed by atoms with Crippen LogP contribution in [0.25, 0.3) is 17.0 Å². The van der Waals surface area contributed by atoms with Gasteiger partial charge in [-0.15, -0.1) is 0 Å². The van der Waals surface area contributed by atoms with Crippen LogP contribution in [-0.2, 0) is 16.1 Å². The number of nitrogens with one attached hydrogen (secondary N) is 1. The maximum Gasteiger partial charge on any atom is 0.335 e. The minimum Gasteiger partial charge on any atom is -0.342 e. The molecule has 35 heavy (non-hydrogen) atoms. The zero-order valence-electron chi connectivity index (χ0n) is 18.6. The van der Waals surface area contributed by atoms with E-state index in [-0.39, 0.29) is 17.1 Å². The second kappa shape index (κ2) is 8.85. The summed E-state index contributed by atoms with van der Waals surface area (Å²) in [7, 11) is 0. The topological polar surface area (TPSA) is 71.4 Å². The van der Waals surface area contributed by atoms with Crippen molar-refractivity contribution in [1.29, 1.82) is 0 Å². The second-order valence-electron chi connectivity index (χ2n) is 8.25. The van der Waals surface area contributed by atoms with Gasteiger partial charge in [0.2, 0.25) is 0 Å². The van der Waals surface area contributed by atoms with E-state index in [0.717, 1.165) is 26.9 Å². The van der Waals surface area contributed by atoms with Crippen molar-refractivity contribution in [1.82, 2.24) is 9.88 Å². The van der Waals surface area contributed by atoms with Crippen LogP contribution in [0.15, 0.2) is 78.5 Å². The highest BCUT2D eigenvalue weighted by Gasteiger charge is 2.37. The van der Waals surface area contributed by atoms with Gasteiger partial charge in [0.25, 0.3) is 11.8 Å². The Balaban J connectivity index is 1.56. The Morgan fingerprint density at radius 2 is 1.74 bits per heavy atom. The third kappa shape index (κ3) is 4.22. The van der Waals surface area contributed by atoms with E-state index in [0.29, 0.717) is 17.1 Å². The van der Waals surface area contributed by atoms with Gasteiger partial charge in [-0.25, -0.2) is 14.1 Å². The molecule has 1 fully saturated rings. The average Bonchev–Trinajstić information content (AvgIpc) is 3.17. The first-order chi connectivity index (χ1) is 16.8. The van der Waals surface area contributed by atoms with Crippen molar-refractivity contribution in [2.45, 2.75) is 13.5 Å². The van der Waals surface area contributed by atoms with Crippen molar-refractivity contribution in [2.75, 3.05) is 4.90 Å². The van der Waals surface area contributed by atoms with Crippen molar-refractivity contribution in [3.05, 3.63) is 106 Å². The van der Waals surface area contributed by atoms with E-state index >= 15 is 0 Å². The van der Waals surface area contributed by atoms with Crippen LogP contribution in [-0.4, -0.2) is 22.4 Å². The van der Waals surface area contributed by atoms with E-state index in [2.05, 4.69) is 5.32 Å². The largest absolute Gasteiger partial charge is 0.342 e. The number of amides is 4. The van der Waals surface area contributed by atoms with E-state index in [1.807, 2.05) is 35.0 Å². The number of benzene rings is 3. The van der Waals surface area contributed by atoms with E-state index in [9.17, 15) is 18.8 Å². The van der Waals surface area contributed by atoms with Gasteiger partial charge in [-0.05, 0) is 54.5 Å². The van der Waals surface area contributed by atoms with Crippen LogP contribution >= 0.6 is 11.6 Å². The van der Waals surface area contributed by atoms with E-state index < -0.39 is 17.8 Å². The summed E-state index contributed by atoms with van der Waals surface area (Å²) in [5.74, 6) is -1.83. The van der Waals surface area contributed by atoms with Gasteiger partial charge in [0.05, 0.1) is 5.69 Å². The molecule has 0 aliphatic carbocycles. The molecule has 4 amide bonds. The number of aromatic nitrogens is 1. The summed E-state index contributed by atoms with van der Waals surface area (Å²) in [4.78, 5) is 39.4. The summed E-state index contributed by atoms with van der Waals surface area (Å²) in [5, 5.41) is 3.46. The van der Waals surface area contributed by atoms with Crippen molar-refractivity contribution < 1.29 is 18.8 Å². The third-order valence-corrected chi connectivity index (χ3v) is 6.31. The quantitative estimate of drug-likeness (QED) is 0.307. The molecule has 0 atom stereocenters. The molecule has 0 spiro atoms. The molecule has 0 saturated carbocycles. The number of barbiturate groups is 1. The number of rotatable bonds is 4. The van der Waals surface area contributed by atoms with Crippen LogP contribution in [0.4, 0.5) is 14.9 Å². The minimum atomic E-state index is -0.837. The standard InChI is InChI=1S/C27H19ClFN3O3/c1-16-6-11-20(13-23(16)28)32-26(34)22(25(33)30-27(32)35)12-18-15-31(24-5-3-2-4-21(18)24)14-17-7-9-19(29)10-8-17/h2-13,15H,14H2,1H3,(H,30,33,35). The fourth-order valence-corrected chi connectivity index (χ4v) is 4.25. The fourth-order valence-electron chi connectivity index (χ4n) is 4.08. The number of hydrogen-bond acceptors (Lipinski definition) is 3. The summed E-state index contributed by atoms with van der Waals surface area (Å²) in [6, 6.07) is 17.7. The molecule has 1 N–H and O–H groups in total. The molecule has 0 bridgehead atoms. The van der Waals surface area contributed by atoms with Gasteiger partial charge < -0.3 is 4.57 Å². The maximum atomic E-state index is 13.3. The number of nitrogens with zero attached hydrogens (tertiary/aromatic N) is 2.